The molecule has 0 fully saturated rings. The minimum absolute atomic E-state index is 0.369. The molecular weight excluding hydrogens is 386 g/mol. The molecule has 7 heteroatoms. The van der Waals surface area contributed by atoms with E-state index in [0.29, 0.717) is 17.1 Å². The van der Waals surface area contributed by atoms with Gasteiger partial charge in [0.2, 0.25) is 0 Å². The molecule has 0 saturated carbocycles. The molecule has 2 heterocycles. The van der Waals surface area contributed by atoms with Gasteiger partial charge in [0, 0.05) is 23.3 Å². The van der Waals surface area contributed by atoms with Crippen molar-refractivity contribution in [3.05, 3.63) is 83.9 Å². The number of esters is 1. The second kappa shape index (κ2) is 8.53. The molecule has 2 aromatic heterocycles. The fourth-order valence-corrected chi connectivity index (χ4v) is 3.42. The standard InChI is InChI=1S/C22H17N3O3S/c1-27-20-11-3-2-9-17(20)21(26)28-16-8-6-7-15(13-16)24-22-25-19(14-29-22)18-10-4-5-12-23-18/h2-14H,1H3,(H,24,25). The summed E-state index contributed by atoms with van der Waals surface area (Å²) < 4.78 is 10.7. The van der Waals surface area contributed by atoms with Gasteiger partial charge in [-0.1, -0.05) is 24.3 Å². The van der Waals surface area contributed by atoms with Crippen LogP contribution in [0.15, 0.2) is 78.3 Å². The number of carbonyl (C=O) groups excluding carboxylic acids is 1. The average Bonchev–Trinajstić information content (AvgIpc) is 3.23. The van der Waals surface area contributed by atoms with Crippen molar-refractivity contribution in [3.63, 3.8) is 0 Å². The summed E-state index contributed by atoms with van der Waals surface area (Å²) in [4.78, 5) is 21.3. The van der Waals surface area contributed by atoms with Crippen LogP contribution in [0, 0.1) is 0 Å². The Kier molecular flexibility index (Phi) is 5.49. The Morgan fingerprint density at radius 3 is 2.69 bits per heavy atom. The van der Waals surface area contributed by atoms with Crippen LogP contribution in [0.4, 0.5) is 10.8 Å². The number of ether oxygens (including phenoxy) is 2. The third kappa shape index (κ3) is 4.41. The number of rotatable bonds is 6. The van der Waals surface area contributed by atoms with Crippen molar-refractivity contribution in [2.75, 3.05) is 12.4 Å². The van der Waals surface area contributed by atoms with Gasteiger partial charge in [-0.2, -0.15) is 0 Å². The van der Waals surface area contributed by atoms with E-state index in [4.69, 9.17) is 9.47 Å². The van der Waals surface area contributed by atoms with Gasteiger partial charge in [0.05, 0.1) is 12.8 Å². The van der Waals surface area contributed by atoms with Crippen LogP contribution in [-0.4, -0.2) is 23.0 Å². The highest BCUT2D eigenvalue weighted by Gasteiger charge is 2.14. The maximum Gasteiger partial charge on any atom is 0.347 e. The molecule has 0 unspecified atom stereocenters. The van der Waals surface area contributed by atoms with Crippen LogP contribution in [0.2, 0.25) is 0 Å². The van der Waals surface area contributed by atoms with Gasteiger partial charge < -0.3 is 14.8 Å². The predicted octanol–water partition coefficient (Wildman–Crippen LogP) is 5.18. The first-order valence-electron chi connectivity index (χ1n) is 8.82. The zero-order valence-corrected chi connectivity index (χ0v) is 16.3. The Morgan fingerprint density at radius 1 is 1.00 bits per heavy atom. The molecule has 29 heavy (non-hydrogen) atoms. The molecule has 0 radical (unpaired) electrons. The van der Waals surface area contributed by atoms with E-state index in [1.807, 2.05) is 29.6 Å². The Bertz CT molecular complexity index is 1130. The van der Waals surface area contributed by atoms with E-state index in [0.717, 1.165) is 22.2 Å². The molecule has 0 aliphatic carbocycles. The lowest BCUT2D eigenvalue weighted by Gasteiger charge is -2.09. The number of pyridine rings is 1. The largest absolute Gasteiger partial charge is 0.496 e. The van der Waals surface area contributed by atoms with Crippen LogP contribution in [0.5, 0.6) is 11.5 Å². The van der Waals surface area contributed by atoms with Gasteiger partial charge in [0.1, 0.15) is 22.8 Å². The van der Waals surface area contributed by atoms with Gasteiger partial charge in [-0.3, -0.25) is 4.98 Å². The molecule has 144 valence electrons. The maximum atomic E-state index is 12.5. The number of anilines is 2. The van der Waals surface area contributed by atoms with E-state index < -0.39 is 5.97 Å². The summed E-state index contributed by atoms with van der Waals surface area (Å²) >= 11 is 1.47. The van der Waals surface area contributed by atoms with Crippen molar-refractivity contribution in [1.29, 1.82) is 0 Å². The van der Waals surface area contributed by atoms with Gasteiger partial charge in [-0.05, 0) is 36.4 Å². The lowest BCUT2D eigenvalue weighted by Crippen LogP contribution is -2.10. The van der Waals surface area contributed by atoms with Gasteiger partial charge in [-0.25, -0.2) is 9.78 Å². The zero-order chi connectivity index (χ0) is 20.1. The molecule has 0 bridgehead atoms. The Labute approximate surface area is 171 Å². The number of carbonyl (C=O) groups is 1. The molecule has 0 atom stereocenters. The van der Waals surface area contributed by atoms with Gasteiger partial charge in [-0.15, -0.1) is 11.3 Å². The van der Waals surface area contributed by atoms with Crippen molar-refractivity contribution in [2.24, 2.45) is 0 Å². The van der Waals surface area contributed by atoms with E-state index in [1.165, 1.54) is 18.4 Å². The highest BCUT2D eigenvalue weighted by Crippen LogP contribution is 2.28. The molecule has 0 aliphatic rings. The molecule has 4 rings (SSSR count). The Balaban J connectivity index is 1.48. The highest BCUT2D eigenvalue weighted by molar-refractivity contribution is 7.14. The summed E-state index contributed by atoms with van der Waals surface area (Å²) in [6.45, 7) is 0. The lowest BCUT2D eigenvalue weighted by molar-refractivity contribution is 0.0731. The number of methoxy groups -OCH3 is 1. The average molecular weight is 403 g/mol. The van der Waals surface area contributed by atoms with Crippen molar-refractivity contribution >= 4 is 28.1 Å². The number of nitrogens with one attached hydrogen (secondary N) is 1. The number of thiazole rings is 1. The first-order valence-corrected chi connectivity index (χ1v) is 9.70. The fraction of sp³-hybridized carbons (Fsp3) is 0.0455. The SMILES string of the molecule is COc1ccccc1C(=O)Oc1cccc(Nc2nc(-c3ccccn3)cs2)c1. The van der Waals surface area contributed by atoms with Gasteiger partial charge >= 0.3 is 5.97 Å². The summed E-state index contributed by atoms with van der Waals surface area (Å²) in [5, 5.41) is 5.90. The highest BCUT2D eigenvalue weighted by atomic mass is 32.1. The second-order valence-electron chi connectivity index (χ2n) is 6.00. The number of para-hydroxylation sites is 1. The van der Waals surface area contributed by atoms with Crippen LogP contribution in [0.1, 0.15) is 10.4 Å². The summed E-state index contributed by atoms with van der Waals surface area (Å²) in [6.07, 6.45) is 1.74. The van der Waals surface area contributed by atoms with E-state index >= 15 is 0 Å². The van der Waals surface area contributed by atoms with E-state index in [9.17, 15) is 4.79 Å². The van der Waals surface area contributed by atoms with Crippen LogP contribution >= 0.6 is 11.3 Å². The number of aromatic nitrogens is 2. The second-order valence-corrected chi connectivity index (χ2v) is 6.85. The molecule has 0 amide bonds. The predicted molar refractivity (Wildman–Crippen MR) is 113 cm³/mol. The number of hydrogen-bond acceptors (Lipinski definition) is 7. The topological polar surface area (TPSA) is 73.3 Å². The number of hydrogen-bond donors (Lipinski definition) is 1. The minimum atomic E-state index is -0.480. The zero-order valence-electron chi connectivity index (χ0n) is 15.5. The molecule has 0 aliphatic heterocycles. The summed E-state index contributed by atoms with van der Waals surface area (Å²) in [6, 6.07) is 19.8. The monoisotopic (exact) mass is 403 g/mol. The first-order chi connectivity index (χ1) is 14.2. The molecule has 6 nitrogen and oxygen atoms in total. The third-order valence-corrected chi connectivity index (χ3v) is 4.81. The van der Waals surface area contributed by atoms with E-state index in [1.54, 1.807) is 48.7 Å². The summed E-state index contributed by atoms with van der Waals surface area (Å²) in [5.74, 6) is 0.412. The minimum Gasteiger partial charge on any atom is -0.496 e. The normalized spacial score (nSPS) is 10.4. The van der Waals surface area contributed by atoms with E-state index in [2.05, 4.69) is 15.3 Å². The maximum absolute atomic E-state index is 12.5. The van der Waals surface area contributed by atoms with Crippen LogP contribution in [0.25, 0.3) is 11.4 Å². The van der Waals surface area contributed by atoms with Crippen molar-refractivity contribution < 1.29 is 14.3 Å². The van der Waals surface area contributed by atoms with E-state index in [-0.39, 0.29) is 0 Å². The van der Waals surface area contributed by atoms with Crippen LogP contribution < -0.4 is 14.8 Å². The number of benzene rings is 2. The summed E-state index contributed by atoms with van der Waals surface area (Å²) in [5.41, 5.74) is 2.75. The number of nitrogens with zero attached hydrogens (tertiary/aromatic N) is 2. The molecule has 2 aromatic carbocycles. The van der Waals surface area contributed by atoms with Gasteiger partial charge in [0.25, 0.3) is 0 Å². The first kappa shape index (κ1) is 18.6. The Hall–Kier alpha value is -3.71. The molecule has 1 N–H and O–H groups in total. The molecule has 0 saturated heterocycles. The van der Waals surface area contributed by atoms with Crippen LogP contribution in [0.3, 0.4) is 0 Å². The molecule has 4 aromatic rings. The lowest BCUT2D eigenvalue weighted by atomic mass is 10.2. The Morgan fingerprint density at radius 2 is 1.86 bits per heavy atom. The van der Waals surface area contributed by atoms with Crippen molar-refractivity contribution in [3.8, 4) is 22.9 Å². The van der Waals surface area contributed by atoms with Gasteiger partial charge in [0.15, 0.2) is 5.13 Å². The third-order valence-electron chi connectivity index (χ3n) is 4.05. The fourth-order valence-electron chi connectivity index (χ4n) is 2.70. The quantitative estimate of drug-likeness (QED) is 0.353. The van der Waals surface area contributed by atoms with Crippen molar-refractivity contribution in [2.45, 2.75) is 0 Å². The van der Waals surface area contributed by atoms with Crippen molar-refractivity contribution in [1.82, 2.24) is 9.97 Å². The molecular formula is C22H17N3O3S. The van der Waals surface area contributed by atoms with Crippen LogP contribution in [-0.2, 0) is 0 Å². The summed E-state index contributed by atoms with van der Waals surface area (Å²) in [7, 11) is 1.52. The molecule has 0 spiro atoms. The smallest absolute Gasteiger partial charge is 0.347 e.